The Balaban J connectivity index is 1.17. The molecular formula is C29H32F3N5O2S. The van der Waals surface area contributed by atoms with Gasteiger partial charge in [-0.25, -0.2) is 9.97 Å². The number of hydrogen-bond donors (Lipinski definition) is 1. The Kier molecular flexibility index (Phi) is 8.80. The summed E-state index contributed by atoms with van der Waals surface area (Å²) in [6.07, 6.45) is -2.26. The molecule has 0 radical (unpaired) electrons. The summed E-state index contributed by atoms with van der Waals surface area (Å²) in [4.78, 5) is 26.1. The lowest BCUT2D eigenvalue weighted by Gasteiger charge is -2.37. The zero-order valence-electron chi connectivity index (χ0n) is 22.3. The number of carbonyl (C=O) groups excluding carboxylic acids is 1. The van der Waals surface area contributed by atoms with Crippen molar-refractivity contribution in [2.75, 3.05) is 49.1 Å². The maximum Gasteiger partial charge on any atom is 0.416 e. The van der Waals surface area contributed by atoms with Crippen molar-refractivity contribution in [2.45, 2.75) is 43.0 Å². The average molecular weight is 572 g/mol. The van der Waals surface area contributed by atoms with Gasteiger partial charge in [0.25, 0.3) is 5.91 Å². The van der Waals surface area contributed by atoms with Crippen LogP contribution in [0.4, 0.5) is 24.7 Å². The molecule has 2 aromatic carbocycles. The minimum Gasteiger partial charge on any atom is -0.376 e. The van der Waals surface area contributed by atoms with Crippen molar-refractivity contribution in [1.29, 1.82) is 0 Å². The van der Waals surface area contributed by atoms with Gasteiger partial charge in [0.2, 0.25) is 0 Å². The molecule has 1 atom stereocenters. The number of benzene rings is 2. The van der Waals surface area contributed by atoms with E-state index < -0.39 is 11.7 Å². The number of rotatable bonds is 8. The minimum atomic E-state index is -4.36. The van der Waals surface area contributed by atoms with Gasteiger partial charge < -0.3 is 19.9 Å². The molecule has 0 aliphatic carbocycles. The van der Waals surface area contributed by atoms with Gasteiger partial charge in [0, 0.05) is 68.1 Å². The SMILES string of the molecule is Cc1cc(N2CCN(c3cccc(C(F)(F)F)c3)CC2)nc(SCc2cccc(C(=O)NCC3CCCO3)c2)n1. The molecule has 2 aliphatic heterocycles. The van der Waals surface area contributed by atoms with Crippen molar-refractivity contribution in [2.24, 2.45) is 0 Å². The van der Waals surface area contributed by atoms with Gasteiger partial charge in [0.15, 0.2) is 5.16 Å². The van der Waals surface area contributed by atoms with E-state index in [0.29, 0.717) is 54.9 Å². The highest BCUT2D eigenvalue weighted by molar-refractivity contribution is 7.98. The fraction of sp³-hybridized carbons (Fsp3) is 0.414. The lowest BCUT2D eigenvalue weighted by Crippen LogP contribution is -2.47. The summed E-state index contributed by atoms with van der Waals surface area (Å²) in [5, 5.41) is 3.60. The van der Waals surface area contributed by atoms with Crippen LogP contribution in [0.1, 0.15) is 40.0 Å². The number of amides is 1. The molecule has 2 aliphatic rings. The summed E-state index contributed by atoms with van der Waals surface area (Å²) in [7, 11) is 0. The molecule has 0 saturated carbocycles. The fourth-order valence-electron chi connectivity index (χ4n) is 4.89. The first-order valence-corrected chi connectivity index (χ1v) is 14.4. The van der Waals surface area contributed by atoms with Gasteiger partial charge >= 0.3 is 6.18 Å². The zero-order chi connectivity index (χ0) is 28.1. The number of carbonyl (C=O) groups is 1. The quantitative estimate of drug-likeness (QED) is 0.290. The van der Waals surface area contributed by atoms with Crippen LogP contribution in [-0.4, -0.2) is 61.3 Å². The molecule has 40 heavy (non-hydrogen) atoms. The molecule has 2 fully saturated rings. The van der Waals surface area contributed by atoms with E-state index in [2.05, 4.69) is 15.2 Å². The van der Waals surface area contributed by atoms with Crippen LogP contribution in [0.25, 0.3) is 0 Å². The van der Waals surface area contributed by atoms with E-state index in [0.717, 1.165) is 42.6 Å². The van der Waals surface area contributed by atoms with Crippen molar-refractivity contribution in [3.8, 4) is 0 Å². The normalized spacial score (nSPS) is 17.8. The van der Waals surface area contributed by atoms with Crippen LogP contribution in [0, 0.1) is 6.92 Å². The van der Waals surface area contributed by atoms with Gasteiger partial charge in [-0.15, -0.1) is 0 Å². The molecular weight excluding hydrogens is 539 g/mol. The Bertz CT molecular complexity index is 1330. The van der Waals surface area contributed by atoms with Gasteiger partial charge in [0.05, 0.1) is 11.7 Å². The second-order valence-corrected chi connectivity index (χ2v) is 10.9. The number of nitrogens with one attached hydrogen (secondary N) is 1. The van der Waals surface area contributed by atoms with Gasteiger partial charge in [-0.1, -0.05) is 30.0 Å². The molecule has 212 valence electrons. The molecule has 0 bridgehead atoms. The molecule has 1 N–H and O–H groups in total. The third-order valence-electron chi connectivity index (χ3n) is 7.03. The first-order valence-electron chi connectivity index (χ1n) is 13.4. The summed E-state index contributed by atoms with van der Waals surface area (Å²) in [5.74, 6) is 1.31. The summed E-state index contributed by atoms with van der Waals surface area (Å²) >= 11 is 1.50. The molecule has 7 nitrogen and oxygen atoms in total. The number of ether oxygens (including phenoxy) is 1. The van der Waals surface area contributed by atoms with E-state index in [9.17, 15) is 18.0 Å². The molecule has 3 heterocycles. The molecule has 1 aromatic heterocycles. The standard InChI is InChI=1S/C29H32F3N5O2S/c1-20-15-26(37-12-10-36(11-13-37)24-8-3-7-23(17-24)29(30,31)32)35-28(34-20)40-19-21-5-2-6-22(16-21)27(38)33-18-25-9-4-14-39-25/h2-3,5-8,15-17,25H,4,9-14,18-19H2,1H3,(H,33,38). The summed E-state index contributed by atoms with van der Waals surface area (Å²) in [6.45, 7) is 5.66. The number of alkyl halides is 3. The summed E-state index contributed by atoms with van der Waals surface area (Å²) in [6, 6.07) is 15.0. The van der Waals surface area contributed by atoms with Crippen LogP contribution >= 0.6 is 11.8 Å². The average Bonchev–Trinajstić information content (AvgIpc) is 3.48. The molecule has 1 unspecified atom stereocenters. The number of nitrogens with zero attached hydrogens (tertiary/aromatic N) is 4. The maximum atomic E-state index is 13.1. The predicted octanol–water partition coefficient (Wildman–Crippen LogP) is 5.33. The number of anilines is 2. The van der Waals surface area contributed by atoms with E-state index in [1.165, 1.54) is 23.9 Å². The molecule has 2 saturated heterocycles. The van der Waals surface area contributed by atoms with Gasteiger partial charge in [0.1, 0.15) is 5.82 Å². The Hall–Kier alpha value is -3.31. The topological polar surface area (TPSA) is 70.6 Å². The fourth-order valence-corrected chi connectivity index (χ4v) is 5.73. The van der Waals surface area contributed by atoms with Crippen LogP contribution in [0.15, 0.2) is 59.8 Å². The first kappa shape index (κ1) is 28.2. The molecule has 1 amide bonds. The predicted molar refractivity (Wildman–Crippen MR) is 150 cm³/mol. The van der Waals surface area contributed by atoms with Gasteiger partial charge in [-0.05, 0) is 55.7 Å². The number of aromatic nitrogens is 2. The smallest absolute Gasteiger partial charge is 0.376 e. The van der Waals surface area contributed by atoms with Gasteiger partial charge in [-0.2, -0.15) is 13.2 Å². The maximum absolute atomic E-state index is 13.1. The van der Waals surface area contributed by atoms with Crippen molar-refractivity contribution >= 4 is 29.2 Å². The number of halogens is 3. The van der Waals surface area contributed by atoms with Crippen molar-refractivity contribution < 1.29 is 22.7 Å². The second-order valence-electron chi connectivity index (χ2n) is 10.0. The lowest BCUT2D eigenvalue weighted by atomic mass is 10.1. The Morgan fingerprint density at radius 1 is 1.05 bits per heavy atom. The van der Waals surface area contributed by atoms with Crippen molar-refractivity contribution in [3.05, 3.63) is 77.0 Å². The molecule has 3 aromatic rings. The zero-order valence-corrected chi connectivity index (χ0v) is 23.1. The van der Waals surface area contributed by atoms with E-state index in [4.69, 9.17) is 9.72 Å². The molecule has 0 spiro atoms. The van der Waals surface area contributed by atoms with E-state index >= 15 is 0 Å². The number of hydrogen-bond acceptors (Lipinski definition) is 7. The van der Waals surface area contributed by atoms with Crippen molar-refractivity contribution in [1.82, 2.24) is 15.3 Å². The van der Waals surface area contributed by atoms with Crippen LogP contribution in [0.5, 0.6) is 0 Å². The third-order valence-corrected chi connectivity index (χ3v) is 7.95. The van der Waals surface area contributed by atoms with E-state index in [1.54, 1.807) is 12.1 Å². The van der Waals surface area contributed by atoms with Crippen LogP contribution in [-0.2, 0) is 16.7 Å². The Morgan fingerprint density at radius 2 is 1.82 bits per heavy atom. The van der Waals surface area contributed by atoms with Crippen LogP contribution in [0.2, 0.25) is 0 Å². The van der Waals surface area contributed by atoms with Crippen LogP contribution < -0.4 is 15.1 Å². The minimum absolute atomic E-state index is 0.0962. The Morgan fingerprint density at radius 3 is 2.58 bits per heavy atom. The highest BCUT2D eigenvalue weighted by Gasteiger charge is 2.31. The monoisotopic (exact) mass is 571 g/mol. The van der Waals surface area contributed by atoms with Crippen LogP contribution in [0.3, 0.4) is 0 Å². The molecule has 5 rings (SSSR count). The number of piperazine rings is 1. The van der Waals surface area contributed by atoms with Gasteiger partial charge in [-0.3, -0.25) is 4.79 Å². The number of aryl methyl sites for hydroxylation is 1. The van der Waals surface area contributed by atoms with Crippen molar-refractivity contribution in [3.63, 3.8) is 0 Å². The first-order chi connectivity index (χ1) is 19.2. The highest BCUT2D eigenvalue weighted by atomic mass is 32.2. The lowest BCUT2D eigenvalue weighted by molar-refractivity contribution is -0.137. The Labute approximate surface area is 236 Å². The third kappa shape index (κ3) is 7.25. The van der Waals surface area contributed by atoms with E-state index in [-0.39, 0.29) is 12.0 Å². The second kappa shape index (κ2) is 12.5. The summed E-state index contributed by atoms with van der Waals surface area (Å²) in [5.41, 5.74) is 2.39. The number of thioether (sulfide) groups is 1. The van der Waals surface area contributed by atoms with E-state index in [1.807, 2.05) is 36.1 Å². The largest absolute Gasteiger partial charge is 0.416 e. The molecule has 11 heteroatoms. The summed E-state index contributed by atoms with van der Waals surface area (Å²) < 4.78 is 45.0. The highest BCUT2D eigenvalue weighted by Crippen LogP contribution is 2.32.